The maximum Gasteiger partial charge on any atom is 0.164 e. The van der Waals surface area contributed by atoms with Gasteiger partial charge >= 0.3 is 0 Å². The third-order valence-corrected chi connectivity index (χ3v) is 13.1. The van der Waals surface area contributed by atoms with Crippen LogP contribution in [0.1, 0.15) is 22.3 Å². The van der Waals surface area contributed by atoms with E-state index in [2.05, 4.69) is 205 Å². The Kier molecular flexibility index (Phi) is 10.0. The number of rotatable bonds is 9. The number of hydrogen-bond acceptors (Lipinski definition) is 4. The predicted molar refractivity (Wildman–Crippen MR) is 273 cm³/mol. The van der Waals surface area contributed by atoms with Gasteiger partial charge in [0.25, 0.3) is 0 Å². The van der Waals surface area contributed by atoms with Gasteiger partial charge in [-0.15, -0.1) is 0 Å². The standard InChI is InChI=1S/C63H42N4/c1-4-17-44(18-5-1)60-65-61(45-34-32-43(33-35-45)59-31-12-13-38-64-59)67-62(66-60)52-24-16-23-50(41-52)48-21-14-19-46(39-48)47-20-15-22-49(40-47)51-36-37-56-55-29-10-11-30-57(55)63(58(56)42-51,53-25-6-2-7-26-53)54-27-8-3-9-28-54/h1-42H. The van der Waals surface area contributed by atoms with Crippen LogP contribution in [-0.4, -0.2) is 19.9 Å². The maximum atomic E-state index is 5.08. The lowest BCUT2D eigenvalue weighted by Crippen LogP contribution is -2.28. The first-order valence-corrected chi connectivity index (χ1v) is 22.7. The van der Waals surface area contributed by atoms with Crippen LogP contribution >= 0.6 is 0 Å². The highest BCUT2D eigenvalue weighted by Crippen LogP contribution is 2.56. The lowest BCUT2D eigenvalue weighted by atomic mass is 9.67. The van der Waals surface area contributed by atoms with E-state index in [4.69, 9.17) is 15.0 Å². The zero-order chi connectivity index (χ0) is 44.6. The van der Waals surface area contributed by atoms with Crippen molar-refractivity contribution in [2.24, 2.45) is 0 Å². The van der Waals surface area contributed by atoms with E-state index in [1.54, 1.807) is 0 Å². The van der Waals surface area contributed by atoms with Gasteiger partial charge in [0, 0.05) is 28.5 Å². The van der Waals surface area contributed by atoms with Crippen LogP contribution in [0.4, 0.5) is 0 Å². The molecule has 0 N–H and O–H groups in total. The van der Waals surface area contributed by atoms with Gasteiger partial charge in [-0.05, 0) is 103 Å². The average Bonchev–Trinajstić information content (AvgIpc) is 3.72. The predicted octanol–water partition coefficient (Wildman–Crippen LogP) is 15.3. The Balaban J connectivity index is 0.899. The van der Waals surface area contributed by atoms with Crippen LogP contribution in [0.2, 0.25) is 0 Å². The van der Waals surface area contributed by atoms with E-state index < -0.39 is 5.41 Å². The molecule has 1 aliphatic carbocycles. The molecule has 4 nitrogen and oxygen atoms in total. The second-order valence-corrected chi connectivity index (χ2v) is 17.0. The summed E-state index contributed by atoms with van der Waals surface area (Å²) in [5, 5.41) is 0. The highest BCUT2D eigenvalue weighted by molar-refractivity contribution is 5.89. The van der Waals surface area contributed by atoms with E-state index in [0.29, 0.717) is 17.5 Å². The maximum absolute atomic E-state index is 5.08. The summed E-state index contributed by atoms with van der Waals surface area (Å²) >= 11 is 0. The van der Waals surface area contributed by atoms with Gasteiger partial charge in [-0.25, -0.2) is 15.0 Å². The van der Waals surface area contributed by atoms with Crippen molar-refractivity contribution in [3.05, 3.63) is 277 Å². The van der Waals surface area contributed by atoms with Gasteiger partial charge in [0.1, 0.15) is 0 Å². The Hall–Kier alpha value is -8.86. The van der Waals surface area contributed by atoms with Crippen molar-refractivity contribution < 1.29 is 0 Å². The summed E-state index contributed by atoms with van der Waals surface area (Å²) in [6.45, 7) is 0. The molecule has 1 aliphatic rings. The number of hydrogen-bond donors (Lipinski definition) is 0. The second kappa shape index (κ2) is 16.9. The van der Waals surface area contributed by atoms with Crippen molar-refractivity contribution in [2.45, 2.75) is 5.41 Å². The van der Waals surface area contributed by atoms with Crippen LogP contribution in [0.15, 0.2) is 255 Å². The SMILES string of the molecule is c1ccc(-c2nc(-c3ccc(-c4ccccn4)cc3)nc(-c3cccc(-c4cccc(-c5cccc(-c6ccc7c(c6)C(c6ccccc6)(c6ccccc6)c6ccccc6-7)c5)c4)c3)n2)cc1. The number of fused-ring (bicyclic) bond motifs is 3. The number of nitrogens with zero attached hydrogens (tertiary/aromatic N) is 4. The monoisotopic (exact) mass is 854 g/mol. The highest BCUT2D eigenvalue weighted by Gasteiger charge is 2.46. The zero-order valence-electron chi connectivity index (χ0n) is 36.5. The summed E-state index contributed by atoms with van der Waals surface area (Å²) in [7, 11) is 0. The average molecular weight is 855 g/mol. The van der Waals surface area contributed by atoms with Crippen molar-refractivity contribution in [3.8, 4) is 89.9 Å². The van der Waals surface area contributed by atoms with Crippen molar-refractivity contribution >= 4 is 0 Å². The Bertz CT molecular complexity index is 3510. The molecule has 314 valence electrons. The smallest absolute Gasteiger partial charge is 0.164 e. The normalized spacial score (nSPS) is 12.3. The van der Waals surface area contributed by atoms with Crippen LogP contribution in [0.25, 0.3) is 89.9 Å². The molecule has 0 saturated carbocycles. The number of pyridine rings is 1. The minimum Gasteiger partial charge on any atom is -0.256 e. The van der Waals surface area contributed by atoms with Gasteiger partial charge in [-0.2, -0.15) is 0 Å². The molecule has 0 aliphatic heterocycles. The minimum atomic E-state index is -0.455. The molecule has 2 aromatic heterocycles. The molecule has 12 rings (SSSR count). The summed E-state index contributed by atoms with van der Waals surface area (Å²) in [5.41, 5.74) is 18.8. The zero-order valence-corrected chi connectivity index (χ0v) is 36.5. The van der Waals surface area contributed by atoms with Crippen LogP contribution < -0.4 is 0 Å². The molecule has 0 bridgehead atoms. The molecule has 11 aromatic rings. The first-order valence-electron chi connectivity index (χ1n) is 22.7. The lowest BCUT2D eigenvalue weighted by molar-refractivity contribution is 0.769. The van der Waals surface area contributed by atoms with Crippen LogP contribution in [0.5, 0.6) is 0 Å². The lowest BCUT2D eigenvalue weighted by Gasteiger charge is -2.34. The molecule has 4 heteroatoms. The van der Waals surface area contributed by atoms with E-state index in [9.17, 15) is 0 Å². The topological polar surface area (TPSA) is 51.6 Å². The molecule has 0 atom stereocenters. The molecule has 0 saturated heterocycles. The molecule has 0 unspecified atom stereocenters. The summed E-state index contributed by atoms with van der Waals surface area (Å²) in [5.74, 6) is 1.85. The quantitative estimate of drug-likeness (QED) is 0.145. The van der Waals surface area contributed by atoms with Gasteiger partial charge in [0.15, 0.2) is 17.5 Å². The first kappa shape index (κ1) is 39.7. The summed E-state index contributed by atoms with van der Waals surface area (Å²) < 4.78 is 0. The van der Waals surface area contributed by atoms with E-state index in [0.717, 1.165) is 50.2 Å². The van der Waals surface area contributed by atoms with E-state index in [1.165, 1.54) is 44.5 Å². The van der Waals surface area contributed by atoms with Gasteiger partial charge in [0.05, 0.1) is 11.1 Å². The summed E-state index contributed by atoms with van der Waals surface area (Å²) in [6, 6.07) is 88.5. The molecule has 2 heterocycles. The van der Waals surface area contributed by atoms with Gasteiger partial charge in [0.2, 0.25) is 0 Å². The Morgan fingerprint density at radius 2 is 0.657 bits per heavy atom. The molecular formula is C63H42N4. The van der Waals surface area contributed by atoms with Gasteiger partial charge < -0.3 is 0 Å². The number of benzene rings is 9. The highest BCUT2D eigenvalue weighted by atomic mass is 15.0. The minimum absolute atomic E-state index is 0.455. The molecule has 9 aromatic carbocycles. The fourth-order valence-corrected chi connectivity index (χ4v) is 9.89. The molecule has 67 heavy (non-hydrogen) atoms. The van der Waals surface area contributed by atoms with Crippen molar-refractivity contribution in [1.82, 2.24) is 19.9 Å². The van der Waals surface area contributed by atoms with Crippen LogP contribution in [-0.2, 0) is 5.41 Å². The largest absolute Gasteiger partial charge is 0.256 e. The summed E-state index contributed by atoms with van der Waals surface area (Å²) in [4.78, 5) is 19.6. The molecule has 0 spiro atoms. The fourth-order valence-electron chi connectivity index (χ4n) is 9.89. The molecule has 0 fully saturated rings. The summed E-state index contributed by atoms with van der Waals surface area (Å²) in [6.07, 6.45) is 1.81. The van der Waals surface area contributed by atoms with Crippen molar-refractivity contribution in [2.75, 3.05) is 0 Å². The molecule has 0 amide bonds. The van der Waals surface area contributed by atoms with Crippen LogP contribution in [0, 0.1) is 0 Å². The Morgan fingerprint density at radius 1 is 0.254 bits per heavy atom. The fraction of sp³-hybridized carbons (Fsp3) is 0.0159. The first-order chi connectivity index (χ1) is 33.2. The Morgan fingerprint density at radius 3 is 1.22 bits per heavy atom. The number of aromatic nitrogens is 4. The van der Waals surface area contributed by atoms with E-state index in [-0.39, 0.29) is 0 Å². The Labute approximate surface area is 390 Å². The van der Waals surface area contributed by atoms with Crippen molar-refractivity contribution in [1.29, 1.82) is 0 Å². The van der Waals surface area contributed by atoms with Crippen LogP contribution in [0.3, 0.4) is 0 Å². The van der Waals surface area contributed by atoms with E-state index >= 15 is 0 Å². The van der Waals surface area contributed by atoms with Crippen molar-refractivity contribution in [3.63, 3.8) is 0 Å². The second-order valence-electron chi connectivity index (χ2n) is 17.0. The molecular weight excluding hydrogens is 813 g/mol. The van der Waals surface area contributed by atoms with Gasteiger partial charge in [-0.3, -0.25) is 4.98 Å². The van der Waals surface area contributed by atoms with Gasteiger partial charge in [-0.1, -0.05) is 212 Å². The third-order valence-electron chi connectivity index (χ3n) is 13.1. The molecule has 0 radical (unpaired) electrons. The van der Waals surface area contributed by atoms with E-state index in [1.807, 2.05) is 54.7 Å². The third kappa shape index (κ3) is 7.22.